The highest BCUT2D eigenvalue weighted by Gasteiger charge is 2.11. The summed E-state index contributed by atoms with van der Waals surface area (Å²) in [5.74, 6) is -1.03. The van der Waals surface area contributed by atoms with Crippen molar-refractivity contribution in [1.29, 1.82) is 0 Å². The van der Waals surface area contributed by atoms with Gasteiger partial charge in [-0.25, -0.2) is 14.3 Å². The maximum atomic E-state index is 10.9. The lowest BCUT2D eigenvalue weighted by Gasteiger charge is -2.02. The molecule has 6 heteroatoms. The van der Waals surface area contributed by atoms with Gasteiger partial charge in [0.1, 0.15) is 0 Å². The van der Waals surface area contributed by atoms with Crippen molar-refractivity contribution in [3.8, 4) is 11.3 Å². The van der Waals surface area contributed by atoms with E-state index in [-0.39, 0.29) is 5.56 Å². The van der Waals surface area contributed by atoms with Gasteiger partial charge in [0.2, 0.25) is 0 Å². The van der Waals surface area contributed by atoms with Crippen LogP contribution < -0.4 is 0 Å². The average Bonchev–Trinajstić information content (AvgIpc) is 2.83. The van der Waals surface area contributed by atoms with Gasteiger partial charge in [0, 0.05) is 29.0 Å². The minimum Gasteiger partial charge on any atom is -0.478 e. The second-order valence-corrected chi connectivity index (χ2v) is 4.88. The number of aromatic carboxylic acids is 1. The predicted octanol–water partition coefficient (Wildman–Crippen LogP) is 3.06. The normalized spacial score (nSPS) is 10.9. The summed E-state index contributed by atoms with van der Waals surface area (Å²) in [6.07, 6.45) is 2.75. The predicted molar refractivity (Wildman–Crippen MR) is 75.1 cm³/mol. The maximum Gasteiger partial charge on any atom is 0.338 e. The highest BCUT2D eigenvalue weighted by molar-refractivity contribution is 6.30. The Bertz CT molecular complexity index is 826. The molecule has 0 bridgehead atoms. The minimum absolute atomic E-state index is 0.0926. The van der Waals surface area contributed by atoms with E-state index in [1.165, 1.54) is 16.9 Å². The van der Waals surface area contributed by atoms with Crippen LogP contribution in [0.4, 0.5) is 0 Å². The Morgan fingerprint density at radius 1 is 1.35 bits per heavy atom. The Morgan fingerprint density at radius 3 is 2.90 bits per heavy atom. The molecule has 0 aliphatic rings. The average molecular weight is 288 g/mol. The molecule has 2 heterocycles. The smallest absolute Gasteiger partial charge is 0.338 e. The van der Waals surface area contributed by atoms with Gasteiger partial charge in [0.15, 0.2) is 5.65 Å². The van der Waals surface area contributed by atoms with E-state index in [1.54, 1.807) is 6.07 Å². The number of carbonyl (C=O) groups is 1. The molecule has 5 nitrogen and oxygen atoms in total. The zero-order valence-electron chi connectivity index (χ0n) is 10.5. The van der Waals surface area contributed by atoms with Gasteiger partial charge in [0.25, 0.3) is 0 Å². The molecule has 3 aromatic rings. The van der Waals surface area contributed by atoms with Gasteiger partial charge in [-0.15, -0.1) is 0 Å². The van der Waals surface area contributed by atoms with E-state index < -0.39 is 5.97 Å². The van der Waals surface area contributed by atoms with Crippen molar-refractivity contribution in [1.82, 2.24) is 14.6 Å². The molecule has 0 aliphatic heterocycles. The van der Waals surface area contributed by atoms with Gasteiger partial charge < -0.3 is 5.11 Å². The van der Waals surface area contributed by atoms with E-state index in [9.17, 15) is 4.79 Å². The van der Waals surface area contributed by atoms with Crippen LogP contribution in [-0.4, -0.2) is 25.7 Å². The van der Waals surface area contributed by atoms with Crippen LogP contribution in [0.1, 0.15) is 15.9 Å². The number of carboxylic acid groups (broad SMARTS) is 1. The van der Waals surface area contributed by atoms with Crippen LogP contribution in [-0.2, 0) is 0 Å². The van der Waals surface area contributed by atoms with Crippen LogP contribution in [0.5, 0.6) is 0 Å². The largest absolute Gasteiger partial charge is 0.478 e. The Labute approximate surface area is 119 Å². The summed E-state index contributed by atoms with van der Waals surface area (Å²) in [5, 5.41) is 13.9. The number of aromatic nitrogens is 3. The van der Waals surface area contributed by atoms with Crippen LogP contribution in [0.15, 0.2) is 36.7 Å². The summed E-state index contributed by atoms with van der Waals surface area (Å²) in [7, 11) is 0. The molecule has 0 spiro atoms. The maximum absolute atomic E-state index is 10.9. The fourth-order valence-electron chi connectivity index (χ4n) is 1.99. The molecular formula is C14H10ClN3O2. The molecule has 0 unspecified atom stereocenters. The third-order valence-electron chi connectivity index (χ3n) is 3.04. The number of carboxylic acids is 1. The fraction of sp³-hybridized carbons (Fsp3) is 0.0714. The Morgan fingerprint density at radius 2 is 2.15 bits per heavy atom. The van der Waals surface area contributed by atoms with Crippen molar-refractivity contribution in [3.63, 3.8) is 0 Å². The van der Waals surface area contributed by atoms with Crippen molar-refractivity contribution in [2.24, 2.45) is 0 Å². The van der Waals surface area contributed by atoms with E-state index in [1.807, 2.05) is 25.1 Å². The molecule has 1 N–H and O–H groups in total. The summed E-state index contributed by atoms with van der Waals surface area (Å²) in [6.45, 7) is 1.96. The van der Waals surface area contributed by atoms with Crippen LogP contribution in [0.3, 0.4) is 0 Å². The molecule has 0 aliphatic carbocycles. The first-order valence-electron chi connectivity index (χ1n) is 5.90. The van der Waals surface area contributed by atoms with Crippen molar-refractivity contribution in [2.45, 2.75) is 6.92 Å². The Balaban J connectivity index is 2.17. The Hall–Kier alpha value is -2.40. The highest BCUT2D eigenvalue weighted by Crippen LogP contribution is 2.26. The molecule has 1 aromatic carbocycles. The van der Waals surface area contributed by atoms with Gasteiger partial charge in [-0.3, -0.25) is 0 Å². The highest BCUT2D eigenvalue weighted by atomic mass is 35.5. The van der Waals surface area contributed by atoms with Gasteiger partial charge in [-0.2, -0.15) is 5.10 Å². The van der Waals surface area contributed by atoms with Crippen LogP contribution >= 0.6 is 11.6 Å². The van der Waals surface area contributed by atoms with E-state index in [0.717, 1.165) is 11.1 Å². The van der Waals surface area contributed by atoms with Crippen molar-refractivity contribution in [2.75, 3.05) is 0 Å². The number of benzene rings is 1. The SMILES string of the molecule is Cc1ccc(Cl)cc1-c1cc2ncc(C(=O)O)cn2n1. The van der Waals surface area contributed by atoms with Crippen molar-refractivity contribution >= 4 is 23.2 Å². The Kier molecular flexibility index (Phi) is 2.91. The molecule has 2 aromatic heterocycles. The van der Waals surface area contributed by atoms with Gasteiger partial charge in [0.05, 0.1) is 11.3 Å². The van der Waals surface area contributed by atoms with Crippen molar-refractivity contribution < 1.29 is 9.90 Å². The molecule has 100 valence electrons. The molecule has 3 rings (SSSR count). The van der Waals surface area contributed by atoms with Crippen molar-refractivity contribution in [3.05, 3.63) is 52.8 Å². The summed E-state index contributed by atoms with van der Waals surface area (Å²) < 4.78 is 1.46. The summed E-state index contributed by atoms with van der Waals surface area (Å²) in [6, 6.07) is 7.36. The zero-order chi connectivity index (χ0) is 14.3. The minimum atomic E-state index is -1.03. The number of rotatable bonds is 2. The van der Waals surface area contributed by atoms with E-state index in [0.29, 0.717) is 16.4 Å². The lowest BCUT2D eigenvalue weighted by atomic mass is 10.1. The molecule has 20 heavy (non-hydrogen) atoms. The third kappa shape index (κ3) is 2.12. The zero-order valence-corrected chi connectivity index (χ0v) is 11.3. The molecular weight excluding hydrogens is 278 g/mol. The van der Waals surface area contributed by atoms with Gasteiger partial charge in [-0.1, -0.05) is 17.7 Å². The summed E-state index contributed by atoms with van der Waals surface area (Å²) in [5.41, 5.74) is 3.33. The molecule has 0 saturated heterocycles. The number of aryl methyl sites for hydroxylation is 1. The second kappa shape index (κ2) is 4.61. The molecule has 0 fully saturated rings. The summed E-state index contributed by atoms with van der Waals surface area (Å²) in [4.78, 5) is 15.0. The number of nitrogens with zero attached hydrogens (tertiary/aromatic N) is 3. The first-order chi connectivity index (χ1) is 9.54. The molecule has 0 saturated carbocycles. The number of hydrogen-bond donors (Lipinski definition) is 1. The lowest BCUT2D eigenvalue weighted by Crippen LogP contribution is -2.01. The molecule has 0 amide bonds. The third-order valence-corrected chi connectivity index (χ3v) is 3.27. The molecule has 0 atom stereocenters. The van der Waals surface area contributed by atoms with Gasteiger partial charge >= 0.3 is 5.97 Å². The molecule has 0 radical (unpaired) electrons. The van der Waals surface area contributed by atoms with E-state index in [4.69, 9.17) is 16.7 Å². The van der Waals surface area contributed by atoms with E-state index >= 15 is 0 Å². The van der Waals surface area contributed by atoms with Gasteiger partial charge in [-0.05, 0) is 24.6 Å². The number of halogens is 1. The topological polar surface area (TPSA) is 67.5 Å². The first-order valence-corrected chi connectivity index (χ1v) is 6.27. The van der Waals surface area contributed by atoms with E-state index in [2.05, 4.69) is 10.1 Å². The monoisotopic (exact) mass is 287 g/mol. The standard InChI is InChI=1S/C14H10ClN3O2/c1-8-2-3-10(15)4-11(8)12-5-13-16-6-9(14(19)20)7-18(13)17-12/h2-7H,1H3,(H,19,20). The number of hydrogen-bond acceptors (Lipinski definition) is 3. The number of fused-ring (bicyclic) bond motifs is 1. The summed E-state index contributed by atoms with van der Waals surface area (Å²) >= 11 is 6.00. The quantitative estimate of drug-likeness (QED) is 0.786. The van der Waals surface area contributed by atoms with Crippen LogP contribution in [0, 0.1) is 6.92 Å². The first kappa shape index (κ1) is 12.6. The second-order valence-electron chi connectivity index (χ2n) is 4.44. The van der Waals surface area contributed by atoms with Crippen LogP contribution in [0.25, 0.3) is 16.9 Å². The van der Waals surface area contributed by atoms with Crippen LogP contribution in [0.2, 0.25) is 5.02 Å². The lowest BCUT2D eigenvalue weighted by molar-refractivity contribution is 0.0695. The fourth-order valence-corrected chi connectivity index (χ4v) is 2.16.